The van der Waals surface area contributed by atoms with Crippen LogP contribution in [-0.2, 0) is 17.4 Å². The van der Waals surface area contributed by atoms with Crippen LogP contribution in [-0.4, -0.2) is 27.3 Å². The largest absolute Gasteiger partial charge is 0.489 e. The first kappa shape index (κ1) is 27.2. The lowest BCUT2D eigenvalue weighted by molar-refractivity contribution is -0.138. The van der Waals surface area contributed by atoms with Gasteiger partial charge in [0, 0.05) is 24.4 Å². The number of carbonyl (C=O) groups is 1. The van der Waals surface area contributed by atoms with E-state index in [1.165, 1.54) is 10.7 Å². The minimum atomic E-state index is -4.44. The standard InChI is InChI=1S/C27H32F3N3O3/c1-6-24(34)36-22-11-7-10-21(17(2)3)26(22)35-14-8-9-19-16-33(32-25(19)18(4)5)23-13-12-20(15-31-23)27(28,29)30/h7,10-13,15-18H,6,8-9,14H2,1-5H3. The van der Waals surface area contributed by atoms with E-state index < -0.39 is 11.7 Å². The Morgan fingerprint density at radius 1 is 1.08 bits per heavy atom. The van der Waals surface area contributed by atoms with E-state index in [9.17, 15) is 18.0 Å². The van der Waals surface area contributed by atoms with Crippen LogP contribution >= 0.6 is 0 Å². The lowest BCUT2D eigenvalue weighted by Gasteiger charge is -2.17. The number of esters is 1. The average molecular weight is 504 g/mol. The lowest BCUT2D eigenvalue weighted by Crippen LogP contribution is -2.10. The molecule has 9 heteroatoms. The van der Waals surface area contributed by atoms with E-state index in [1.807, 2.05) is 39.8 Å². The number of alkyl halides is 3. The number of hydrogen-bond donors (Lipinski definition) is 0. The van der Waals surface area contributed by atoms with Crippen LogP contribution < -0.4 is 9.47 Å². The Balaban J connectivity index is 1.73. The van der Waals surface area contributed by atoms with Crippen molar-refractivity contribution < 1.29 is 27.4 Å². The van der Waals surface area contributed by atoms with Crippen LogP contribution in [0.1, 0.15) is 81.7 Å². The van der Waals surface area contributed by atoms with Crippen LogP contribution in [0.5, 0.6) is 11.5 Å². The number of pyridine rings is 1. The molecular weight excluding hydrogens is 471 g/mol. The van der Waals surface area contributed by atoms with Gasteiger partial charge >= 0.3 is 12.1 Å². The van der Waals surface area contributed by atoms with Gasteiger partial charge in [0.1, 0.15) is 0 Å². The molecule has 2 heterocycles. The van der Waals surface area contributed by atoms with Crippen LogP contribution in [0.25, 0.3) is 5.82 Å². The minimum Gasteiger partial charge on any atom is -0.489 e. The van der Waals surface area contributed by atoms with E-state index in [2.05, 4.69) is 10.1 Å². The van der Waals surface area contributed by atoms with Crippen LogP contribution in [0.15, 0.2) is 42.7 Å². The molecule has 0 saturated carbocycles. The molecule has 0 bridgehead atoms. The summed E-state index contributed by atoms with van der Waals surface area (Å²) < 4.78 is 51.7. The summed E-state index contributed by atoms with van der Waals surface area (Å²) in [4.78, 5) is 15.8. The maximum atomic E-state index is 12.9. The van der Waals surface area contributed by atoms with Crippen molar-refractivity contribution in [3.05, 3.63) is 65.1 Å². The van der Waals surface area contributed by atoms with Gasteiger partial charge in [-0.1, -0.05) is 46.8 Å². The molecule has 0 aliphatic rings. The van der Waals surface area contributed by atoms with Gasteiger partial charge in [-0.15, -0.1) is 0 Å². The van der Waals surface area contributed by atoms with Crippen molar-refractivity contribution >= 4 is 5.97 Å². The number of carbonyl (C=O) groups excluding carboxylic acids is 1. The normalized spacial score (nSPS) is 11.8. The molecule has 3 rings (SSSR count). The zero-order chi connectivity index (χ0) is 26.5. The Morgan fingerprint density at radius 3 is 2.42 bits per heavy atom. The fourth-order valence-electron chi connectivity index (χ4n) is 3.76. The van der Waals surface area contributed by atoms with E-state index in [0.29, 0.717) is 36.8 Å². The molecule has 0 saturated heterocycles. The molecule has 0 radical (unpaired) electrons. The van der Waals surface area contributed by atoms with Crippen molar-refractivity contribution in [3.63, 3.8) is 0 Å². The van der Waals surface area contributed by atoms with Gasteiger partial charge in [0.05, 0.1) is 17.9 Å². The summed E-state index contributed by atoms with van der Waals surface area (Å²) in [6.45, 7) is 10.3. The Kier molecular flexibility index (Phi) is 8.76. The molecular formula is C27H32F3N3O3. The van der Waals surface area contributed by atoms with E-state index >= 15 is 0 Å². The molecule has 3 aromatic rings. The molecule has 0 aliphatic carbocycles. The number of nitrogens with zero attached hydrogens (tertiary/aromatic N) is 3. The number of ether oxygens (including phenoxy) is 2. The first-order chi connectivity index (χ1) is 17.0. The van der Waals surface area contributed by atoms with Gasteiger partial charge in [-0.25, -0.2) is 9.67 Å². The molecule has 0 amide bonds. The summed E-state index contributed by atoms with van der Waals surface area (Å²) in [5.74, 6) is 1.29. The maximum absolute atomic E-state index is 12.9. The van der Waals surface area contributed by atoms with Crippen LogP contribution in [0.4, 0.5) is 13.2 Å². The third-order valence-electron chi connectivity index (χ3n) is 5.66. The quantitative estimate of drug-likeness (QED) is 0.172. The van der Waals surface area contributed by atoms with Gasteiger partial charge in [-0.2, -0.15) is 18.3 Å². The molecule has 0 spiro atoms. The fraction of sp³-hybridized carbons (Fsp3) is 0.444. The van der Waals surface area contributed by atoms with Crippen LogP contribution in [0.2, 0.25) is 0 Å². The van der Waals surface area contributed by atoms with Crippen molar-refractivity contribution in [2.24, 2.45) is 0 Å². The minimum absolute atomic E-state index is 0.123. The predicted octanol–water partition coefficient (Wildman–Crippen LogP) is 6.86. The molecule has 0 unspecified atom stereocenters. The molecule has 2 aromatic heterocycles. The highest BCUT2D eigenvalue weighted by Crippen LogP contribution is 2.36. The summed E-state index contributed by atoms with van der Waals surface area (Å²) in [5, 5.41) is 4.58. The third-order valence-corrected chi connectivity index (χ3v) is 5.66. The van der Waals surface area contributed by atoms with E-state index in [1.54, 1.807) is 19.2 Å². The van der Waals surface area contributed by atoms with E-state index in [0.717, 1.165) is 29.1 Å². The average Bonchev–Trinajstić information content (AvgIpc) is 3.26. The lowest BCUT2D eigenvalue weighted by atomic mass is 10.0. The molecule has 0 N–H and O–H groups in total. The molecule has 1 aromatic carbocycles. The Bertz CT molecular complexity index is 1170. The second-order valence-electron chi connectivity index (χ2n) is 9.15. The molecule has 194 valence electrons. The topological polar surface area (TPSA) is 66.2 Å². The number of halogens is 3. The number of aryl methyl sites for hydroxylation is 1. The highest BCUT2D eigenvalue weighted by molar-refractivity contribution is 5.73. The third kappa shape index (κ3) is 6.65. The molecule has 0 fully saturated rings. The number of aromatic nitrogens is 3. The Morgan fingerprint density at radius 2 is 1.83 bits per heavy atom. The Hall–Kier alpha value is -3.36. The van der Waals surface area contributed by atoms with E-state index in [-0.39, 0.29) is 24.2 Å². The highest BCUT2D eigenvalue weighted by Gasteiger charge is 2.30. The molecule has 0 aliphatic heterocycles. The highest BCUT2D eigenvalue weighted by atomic mass is 19.4. The van der Waals surface area contributed by atoms with E-state index in [4.69, 9.17) is 9.47 Å². The van der Waals surface area contributed by atoms with Crippen molar-refractivity contribution in [2.45, 2.75) is 71.9 Å². The van der Waals surface area contributed by atoms with Crippen molar-refractivity contribution in [1.82, 2.24) is 14.8 Å². The smallest absolute Gasteiger partial charge is 0.417 e. The van der Waals surface area contributed by atoms with Gasteiger partial charge in [-0.05, 0) is 48.4 Å². The number of para-hydroxylation sites is 1. The summed E-state index contributed by atoms with van der Waals surface area (Å²) in [6.07, 6.45) is -0.231. The summed E-state index contributed by atoms with van der Waals surface area (Å²) in [7, 11) is 0. The van der Waals surface area contributed by atoms with Gasteiger partial charge in [0.15, 0.2) is 17.3 Å². The zero-order valence-corrected chi connectivity index (χ0v) is 21.2. The maximum Gasteiger partial charge on any atom is 0.417 e. The van der Waals surface area contributed by atoms with Crippen LogP contribution in [0.3, 0.4) is 0 Å². The van der Waals surface area contributed by atoms with Crippen LogP contribution in [0, 0.1) is 0 Å². The summed E-state index contributed by atoms with van der Waals surface area (Å²) >= 11 is 0. The van der Waals surface area contributed by atoms with Gasteiger partial charge < -0.3 is 9.47 Å². The summed E-state index contributed by atoms with van der Waals surface area (Å²) in [6, 6.07) is 7.85. The second kappa shape index (κ2) is 11.6. The molecule has 0 atom stereocenters. The summed E-state index contributed by atoms with van der Waals surface area (Å²) in [5.41, 5.74) is 1.99. The Labute approximate surface area is 209 Å². The predicted molar refractivity (Wildman–Crippen MR) is 131 cm³/mol. The van der Waals surface area contributed by atoms with Gasteiger partial charge in [0.25, 0.3) is 0 Å². The SMILES string of the molecule is CCC(=O)Oc1cccc(C(C)C)c1OCCCc1cn(-c2ccc(C(F)(F)F)cn2)nc1C(C)C. The molecule has 36 heavy (non-hydrogen) atoms. The fourth-order valence-corrected chi connectivity index (χ4v) is 3.76. The molecule has 6 nitrogen and oxygen atoms in total. The second-order valence-corrected chi connectivity index (χ2v) is 9.15. The van der Waals surface area contributed by atoms with Gasteiger partial charge in [0.2, 0.25) is 0 Å². The zero-order valence-electron chi connectivity index (χ0n) is 21.2. The van der Waals surface area contributed by atoms with Gasteiger partial charge in [-0.3, -0.25) is 4.79 Å². The number of rotatable bonds is 10. The van der Waals surface area contributed by atoms with Crippen molar-refractivity contribution in [3.8, 4) is 17.3 Å². The first-order valence-corrected chi connectivity index (χ1v) is 12.1. The first-order valence-electron chi connectivity index (χ1n) is 12.1. The van der Waals surface area contributed by atoms with Crippen molar-refractivity contribution in [2.75, 3.05) is 6.61 Å². The number of benzene rings is 1. The number of hydrogen-bond acceptors (Lipinski definition) is 5. The monoisotopic (exact) mass is 503 g/mol. The van der Waals surface area contributed by atoms with Crippen molar-refractivity contribution in [1.29, 1.82) is 0 Å².